The second-order valence-electron chi connectivity index (χ2n) is 1.85. The molecule has 0 aliphatic rings. The molecule has 5 nitrogen and oxygen atoms in total. The molecule has 64 valence electrons. The quantitative estimate of drug-likeness (QED) is 0.597. The van der Waals surface area contributed by atoms with Crippen LogP contribution in [0.3, 0.4) is 0 Å². The van der Waals surface area contributed by atoms with Crippen molar-refractivity contribution in [1.29, 1.82) is 0 Å². The summed E-state index contributed by atoms with van der Waals surface area (Å²) in [6.45, 7) is 0. The van der Waals surface area contributed by atoms with Crippen molar-refractivity contribution in [1.82, 2.24) is 9.97 Å². The lowest BCUT2D eigenvalue weighted by Gasteiger charge is -2.00. The molecule has 0 spiro atoms. The Bertz CT molecular complexity index is 344. The Hall–Kier alpha value is -0.630. The van der Waals surface area contributed by atoms with Crippen molar-refractivity contribution in [3.8, 4) is 0 Å². The van der Waals surface area contributed by atoms with E-state index in [1.54, 1.807) is 22.6 Å². The predicted molar refractivity (Wildman–Crippen MR) is 51.1 cm³/mol. The van der Waals surface area contributed by atoms with Crippen LogP contribution in [0.15, 0.2) is 0 Å². The number of hydrogen-bond acceptors (Lipinski definition) is 4. The van der Waals surface area contributed by atoms with Crippen molar-refractivity contribution < 1.29 is 9.90 Å². The fourth-order valence-electron chi connectivity index (χ4n) is 0.578. The highest BCUT2D eigenvalue weighted by molar-refractivity contribution is 14.1. The number of anilines is 1. The first-order chi connectivity index (χ1) is 5.52. The number of halogens is 2. The Labute approximate surface area is 86.1 Å². The van der Waals surface area contributed by atoms with Gasteiger partial charge in [0.05, 0.1) is 3.57 Å². The average molecular weight is 299 g/mol. The minimum Gasteiger partial charge on any atom is -0.476 e. The third-order valence-electron chi connectivity index (χ3n) is 1.05. The van der Waals surface area contributed by atoms with Crippen LogP contribution in [0, 0.1) is 3.57 Å². The minimum atomic E-state index is -1.17. The molecule has 3 N–H and O–H groups in total. The second-order valence-corrected chi connectivity index (χ2v) is 3.26. The Kier molecular flexibility index (Phi) is 2.68. The molecule has 0 radical (unpaired) electrons. The molecule has 0 saturated heterocycles. The van der Waals surface area contributed by atoms with Crippen LogP contribution in [0.4, 0.5) is 5.82 Å². The van der Waals surface area contributed by atoms with Crippen LogP contribution in [0.1, 0.15) is 10.5 Å². The normalized spacial score (nSPS) is 9.83. The summed E-state index contributed by atoms with van der Waals surface area (Å²) in [6, 6.07) is 0. The van der Waals surface area contributed by atoms with Crippen LogP contribution < -0.4 is 5.73 Å². The van der Waals surface area contributed by atoms with E-state index < -0.39 is 5.97 Å². The smallest absolute Gasteiger partial charge is 0.355 e. The van der Waals surface area contributed by atoms with Gasteiger partial charge in [0.25, 0.3) is 0 Å². The number of aromatic carboxylic acids is 1. The summed E-state index contributed by atoms with van der Waals surface area (Å²) >= 11 is 7.14. The number of aromatic nitrogens is 2. The van der Waals surface area contributed by atoms with Crippen LogP contribution in [-0.2, 0) is 0 Å². The van der Waals surface area contributed by atoms with Gasteiger partial charge < -0.3 is 10.8 Å². The number of carboxylic acid groups (broad SMARTS) is 1. The maximum absolute atomic E-state index is 10.5. The van der Waals surface area contributed by atoms with Gasteiger partial charge in [-0.1, -0.05) is 0 Å². The topological polar surface area (TPSA) is 89.1 Å². The summed E-state index contributed by atoms with van der Waals surface area (Å²) in [5.74, 6) is -1.09. The molecule has 1 rings (SSSR count). The SMILES string of the molecule is Nc1nc(Cl)nc(C(=O)O)c1I. The van der Waals surface area contributed by atoms with E-state index in [0.29, 0.717) is 3.57 Å². The lowest BCUT2D eigenvalue weighted by Crippen LogP contribution is -2.08. The fraction of sp³-hybridized carbons (Fsp3) is 0. The van der Waals surface area contributed by atoms with E-state index in [9.17, 15) is 4.79 Å². The molecule has 1 aromatic rings. The number of carboxylic acids is 1. The summed E-state index contributed by atoms with van der Waals surface area (Å²) in [4.78, 5) is 17.6. The Morgan fingerprint density at radius 1 is 1.58 bits per heavy atom. The molecular formula is C5H3ClIN3O2. The predicted octanol–water partition coefficient (Wildman–Crippen LogP) is 1.02. The maximum Gasteiger partial charge on any atom is 0.355 e. The van der Waals surface area contributed by atoms with E-state index in [1.807, 2.05) is 0 Å². The minimum absolute atomic E-state index is 0.0769. The van der Waals surface area contributed by atoms with Gasteiger partial charge in [-0.15, -0.1) is 0 Å². The van der Waals surface area contributed by atoms with Crippen LogP contribution in [-0.4, -0.2) is 21.0 Å². The van der Waals surface area contributed by atoms with Crippen molar-refractivity contribution >= 4 is 46.0 Å². The number of nitrogens with zero attached hydrogens (tertiary/aromatic N) is 2. The Balaban J connectivity index is 3.37. The van der Waals surface area contributed by atoms with Crippen LogP contribution in [0.2, 0.25) is 5.28 Å². The molecule has 1 aromatic heterocycles. The van der Waals surface area contributed by atoms with Gasteiger partial charge in [0.15, 0.2) is 5.69 Å². The molecule has 0 amide bonds. The van der Waals surface area contributed by atoms with Crippen LogP contribution in [0.5, 0.6) is 0 Å². The van der Waals surface area contributed by atoms with E-state index in [4.69, 9.17) is 22.4 Å². The number of rotatable bonds is 1. The van der Waals surface area contributed by atoms with Gasteiger partial charge in [0.2, 0.25) is 5.28 Å². The van der Waals surface area contributed by atoms with Gasteiger partial charge in [-0.2, -0.15) is 4.98 Å². The van der Waals surface area contributed by atoms with E-state index in [-0.39, 0.29) is 16.8 Å². The summed E-state index contributed by atoms with van der Waals surface area (Å²) in [7, 11) is 0. The molecule has 0 atom stereocenters. The number of carbonyl (C=O) groups is 1. The standard InChI is InChI=1S/C5H3ClIN3O2/c6-5-9-2(4(11)12)1(7)3(8)10-5/h(H,11,12)(H2,8,9,10). The number of nitrogen functional groups attached to an aromatic ring is 1. The molecular weight excluding hydrogens is 296 g/mol. The number of nitrogens with two attached hydrogens (primary N) is 1. The second kappa shape index (κ2) is 3.40. The van der Waals surface area contributed by atoms with E-state index in [1.165, 1.54) is 0 Å². The maximum atomic E-state index is 10.5. The van der Waals surface area contributed by atoms with Gasteiger partial charge in [0, 0.05) is 0 Å². The monoisotopic (exact) mass is 299 g/mol. The molecule has 0 fully saturated rings. The molecule has 12 heavy (non-hydrogen) atoms. The number of hydrogen-bond donors (Lipinski definition) is 2. The molecule has 0 bridgehead atoms. The molecule has 1 heterocycles. The molecule has 0 aromatic carbocycles. The fourth-order valence-corrected chi connectivity index (χ4v) is 1.23. The Morgan fingerprint density at radius 3 is 2.67 bits per heavy atom. The highest BCUT2D eigenvalue weighted by Crippen LogP contribution is 2.17. The summed E-state index contributed by atoms with van der Waals surface area (Å²) < 4.78 is 0.296. The van der Waals surface area contributed by atoms with Crippen molar-refractivity contribution in [3.63, 3.8) is 0 Å². The van der Waals surface area contributed by atoms with Crippen molar-refractivity contribution in [2.45, 2.75) is 0 Å². The van der Waals surface area contributed by atoms with E-state index in [0.717, 1.165) is 0 Å². The zero-order valence-electron chi connectivity index (χ0n) is 5.58. The lowest BCUT2D eigenvalue weighted by molar-refractivity contribution is 0.0689. The zero-order chi connectivity index (χ0) is 9.30. The average Bonchev–Trinajstić information content (AvgIpc) is 1.96. The van der Waals surface area contributed by atoms with Gasteiger partial charge in [-0.25, -0.2) is 9.78 Å². The van der Waals surface area contributed by atoms with Crippen molar-refractivity contribution in [3.05, 3.63) is 14.5 Å². The molecule has 7 heteroatoms. The largest absolute Gasteiger partial charge is 0.476 e. The first-order valence-corrected chi connectivity index (χ1v) is 4.20. The summed E-state index contributed by atoms with van der Waals surface area (Å²) in [5, 5.41) is 8.44. The van der Waals surface area contributed by atoms with Gasteiger partial charge in [-0.05, 0) is 34.2 Å². The Morgan fingerprint density at radius 2 is 2.17 bits per heavy atom. The molecule has 0 unspecified atom stereocenters. The van der Waals surface area contributed by atoms with Crippen molar-refractivity contribution in [2.75, 3.05) is 5.73 Å². The van der Waals surface area contributed by atoms with Crippen LogP contribution >= 0.6 is 34.2 Å². The highest BCUT2D eigenvalue weighted by Gasteiger charge is 2.14. The highest BCUT2D eigenvalue weighted by atomic mass is 127. The lowest BCUT2D eigenvalue weighted by atomic mass is 10.4. The summed E-state index contributed by atoms with van der Waals surface area (Å²) in [6.07, 6.45) is 0. The van der Waals surface area contributed by atoms with E-state index >= 15 is 0 Å². The van der Waals surface area contributed by atoms with Crippen molar-refractivity contribution in [2.24, 2.45) is 0 Å². The third kappa shape index (κ3) is 1.75. The van der Waals surface area contributed by atoms with E-state index in [2.05, 4.69) is 9.97 Å². The first-order valence-electron chi connectivity index (χ1n) is 2.74. The first kappa shape index (κ1) is 9.46. The molecule has 0 aliphatic carbocycles. The molecule has 0 aliphatic heterocycles. The van der Waals surface area contributed by atoms with Crippen LogP contribution in [0.25, 0.3) is 0 Å². The van der Waals surface area contributed by atoms with Gasteiger partial charge in [0.1, 0.15) is 5.82 Å². The summed E-state index contributed by atoms with van der Waals surface area (Å²) in [5.41, 5.74) is 5.18. The third-order valence-corrected chi connectivity index (χ3v) is 2.28. The van der Waals surface area contributed by atoms with Gasteiger partial charge >= 0.3 is 5.97 Å². The van der Waals surface area contributed by atoms with Gasteiger partial charge in [-0.3, -0.25) is 0 Å². The zero-order valence-corrected chi connectivity index (χ0v) is 8.50. The molecule has 0 saturated carbocycles.